The van der Waals surface area contributed by atoms with Gasteiger partial charge in [0, 0.05) is 0 Å². The summed E-state index contributed by atoms with van der Waals surface area (Å²) >= 11 is 0. The zero-order valence-electron chi connectivity index (χ0n) is 17.0. The molecule has 4 heteroatoms. The van der Waals surface area contributed by atoms with E-state index in [1.807, 2.05) is 18.2 Å². The predicted molar refractivity (Wildman–Crippen MR) is 112 cm³/mol. The van der Waals surface area contributed by atoms with Crippen LogP contribution in [0.2, 0.25) is 0 Å². The second kappa shape index (κ2) is 10.2. The molecule has 0 saturated carbocycles. The molecule has 1 aliphatic carbocycles. The molecule has 4 nitrogen and oxygen atoms in total. The molecule has 0 heterocycles. The number of rotatable bonds is 9. The number of hydrogen-bond acceptors (Lipinski definition) is 3. The largest absolute Gasteiger partial charge is 0.492 e. The summed E-state index contributed by atoms with van der Waals surface area (Å²) in [5.41, 5.74) is 4.08. The van der Waals surface area contributed by atoms with Crippen LogP contribution >= 0.6 is 0 Å². The summed E-state index contributed by atoms with van der Waals surface area (Å²) in [5, 5.41) is 2.88. The first-order valence-corrected chi connectivity index (χ1v) is 10.4. The van der Waals surface area contributed by atoms with Gasteiger partial charge >= 0.3 is 0 Å². The standard InChI is InChI=1S/C24H31NO3/c1-3-6-19-9-12-22(13-10-19)27-16-15-25-24(26)18(2)28-23-14-11-20-7-4-5-8-21(20)17-23/h9-14,17-18H,3-8,15-16H2,1-2H3,(H,25,26)/t18-/m0/s1. The molecule has 1 N–H and O–H groups in total. The Morgan fingerprint density at radius 3 is 2.50 bits per heavy atom. The van der Waals surface area contributed by atoms with Gasteiger partial charge < -0.3 is 14.8 Å². The smallest absolute Gasteiger partial charge is 0.260 e. The van der Waals surface area contributed by atoms with Crippen LogP contribution < -0.4 is 14.8 Å². The predicted octanol–water partition coefficient (Wildman–Crippen LogP) is 4.48. The third-order valence-corrected chi connectivity index (χ3v) is 5.13. The fourth-order valence-electron chi connectivity index (χ4n) is 3.57. The summed E-state index contributed by atoms with van der Waals surface area (Å²) in [6.45, 7) is 4.84. The number of benzene rings is 2. The van der Waals surface area contributed by atoms with E-state index in [1.165, 1.54) is 29.5 Å². The monoisotopic (exact) mass is 381 g/mol. The minimum Gasteiger partial charge on any atom is -0.492 e. The van der Waals surface area contributed by atoms with Crippen LogP contribution in [0.4, 0.5) is 0 Å². The molecule has 1 aliphatic rings. The first-order valence-electron chi connectivity index (χ1n) is 10.4. The molecule has 0 bridgehead atoms. The molecule has 0 saturated heterocycles. The highest BCUT2D eigenvalue weighted by Gasteiger charge is 2.16. The molecule has 0 unspecified atom stereocenters. The van der Waals surface area contributed by atoms with Crippen LogP contribution in [0.25, 0.3) is 0 Å². The lowest BCUT2D eigenvalue weighted by Gasteiger charge is -2.19. The molecule has 1 atom stereocenters. The number of carbonyl (C=O) groups is 1. The zero-order chi connectivity index (χ0) is 19.8. The normalized spacial score (nSPS) is 14.1. The van der Waals surface area contributed by atoms with Crippen molar-refractivity contribution < 1.29 is 14.3 Å². The summed E-state index contributed by atoms with van der Waals surface area (Å²) in [6, 6.07) is 14.3. The van der Waals surface area contributed by atoms with Crippen LogP contribution in [0.1, 0.15) is 49.8 Å². The molecule has 0 aliphatic heterocycles. The highest BCUT2D eigenvalue weighted by molar-refractivity contribution is 5.80. The van der Waals surface area contributed by atoms with Gasteiger partial charge in [0.2, 0.25) is 0 Å². The molecule has 2 aromatic rings. The van der Waals surface area contributed by atoms with Gasteiger partial charge in [-0.15, -0.1) is 0 Å². The minimum atomic E-state index is -0.532. The lowest BCUT2D eigenvalue weighted by atomic mass is 9.92. The summed E-state index contributed by atoms with van der Waals surface area (Å²) in [7, 11) is 0. The number of hydrogen-bond donors (Lipinski definition) is 1. The van der Waals surface area contributed by atoms with E-state index in [0.717, 1.165) is 37.2 Å². The molecule has 0 fully saturated rings. The average Bonchev–Trinajstić information content (AvgIpc) is 2.72. The van der Waals surface area contributed by atoms with Gasteiger partial charge in [-0.3, -0.25) is 4.79 Å². The summed E-state index contributed by atoms with van der Waals surface area (Å²) in [6.07, 6.45) is 6.42. The maximum atomic E-state index is 12.3. The van der Waals surface area contributed by atoms with Crippen molar-refractivity contribution >= 4 is 5.91 Å². The van der Waals surface area contributed by atoms with Crippen molar-refractivity contribution in [2.75, 3.05) is 13.2 Å². The molecular formula is C24H31NO3. The van der Waals surface area contributed by atoms with Crippen LogP contribution in [-0.2, 0) is 24.1 Å². The number of nitrogens with one attached hydrogen (secondary N) is 1. The van der Waals surface area contributed by atoms with Crippen molar-refractivity contribution in [2.45, 2.75) is 58.5 Å². The van der Waals surface area contributed by atoms with E-state index in [4.69, 9.17) is 9.47 Å². The Balaban J connectivity index is 1.39. The van der Waals surface area contributed by atoms with Gasteiger partial charge in [0.15, 0.2) is 6.10 Å². The third kappa shape index (κ3) is 5.75. The van der Waals surface area contributed by atoms with E-state index in [1.54, 1.807) is 6.92 Å². The summed E-state index contributed by atoms with van der Waals surface area (Å²) in [4.78, 5) is 12.3. The van der Waals surface area contributed by atoms with Crippen molar-refractivity contribution in [3.63, 3.8) is 0 Å². The molecule has 1 amide bonds. The van der Waals surface area contributed by atoms with E-state index in [0.29, 0.717) is 13.2 Å². The molecule has 2 aromatic carbocycles. The van der Waals surface area contributed by atoms with E-state index in [-0.39, 0.29) is 5.91 Å². The molecule has 0 radical (unpaired) electrons. The van der Waals surface area contributed by atoms with E-state index in [2.05, 4.69) is 36.5 Å². The molecule has 3 rings (SSSR count). The maximum absolute atomic E-state index is 12.3. The Kier molecular flexibility index (Phi) is 7.35. The molecule has 28 heavy (non-hydrogen) atoms. The van der Waals surface area contributed by atoms with Crippen molar-refractivity contribution in [3.05, 3.63) is 59.2 Å². The number of carbonyl (C=O) groups excluding carboxylic acids is 1. The maximum Gasteiger partial charge on any atom is 0.260 e. The van der Waals surface area contributed by atoms with E-state index in [9.17, 15) is 4.79 Å². The molecular weight excluding hydrogens is 350 g/mol. The number of aryl methyl sites for hydroxylation is 3. The fourth-order valence-corrected chi connectivity index (χ4v) is 3.57. The van der Waals surface area contributed by atoms with Crippen molar-refractivity contribution in [2.24, 2.45) is 0 Å². The van der Waals surface area contributed by atoms with Crippen LogP contribution in [0.15, 0.2) is 42.5 Å². The quantitative estimate of drug-likeness (QED) is 0.652. The van der Waals surface area contributed by atoms with E-state index < -0.39 is 6.10 Å². The van der Waals surface area contributed by atoms with Crippen LogP contribution in [0.5, 0.6) is 11.5 Å². The summed E-state index contributed by atoms with van der Waals surface area (Å²) in [5.74, 6) is 1.47. The Morgan fingerprint density at radius 1 is 1.04 bits per heavy atom. The second-order valence-corrected chi connectivity index (χ2v) is 7.43. The third-order valence-electron chi connectivity index (χ3n) is 5.13. The van der Waals surface area contributed by atoms with Crippen molar-refractivity contribution in [1.29, 1.82) is 0 Å². The number of fused-ring (bicyclic) bond motifs is 1. The fraction of sp³-hybridized carbons (Fsp3) is 0.458. The Hall–Kier alpha value is -2.49. The van der Waals surface area contributed by atoms with Gasteiger partial charge in [-0.25, -0.2) is 0 Å². The number of ether oxygens (including phenoxy) is 2. The minimum absolute atomic E-state index is 0.125. The Morgan fingerprint density at radius 2 is 1.75 bits per heavy atom. The molecule has 150 valence electrons. The van der Waals surface area contributed by atoms with Gasteiger partial charge in [0.1, 0.15) is 18.1 Å². The Bertz CT molecular complexity index is 770. The SMILES string of the molecule is CCCc1ccc(OCCNC(=O)[C@H](C)Oc2ccc3c(c2)CCCC3)cc1. The van der Waals surface area contributed by atoms with Crippen LogP contribution in [0, 0.1) is 0 Å². The zero-order valence-corrected chi connectivity index (χ0v) is 17.0. The topological polar surface area (TPSA) is 47.6 Å². The van der Waals surface area contributed by atoms with Gasteiger partial charge in [0.25, 0.3) is 5.91 Å². The molecule has 0 aromatic heterocycles. The van der Waals surface area contributed by atoms with Gasteiger partial charge in [-0.1, -0.05) is 31.5 Å². The van der Waals surface area contributed by atoms with Crippen LogP contribution in [-0.4, -0.2) is 25.2 Å². The average molecular weight is 382 g/mol. The lowest BCUT2D eigenvalue weighted by molar-refractivity contribution is -0.127. The van der Waals surface area contributed by atoms with E-state index >= 15 is 0 Å². The van der Waals surface area contributed by atoms with Crippen molar-refractivity contribution in [1.82, 2.24) is 5.32 Å². The number of amides is 1. The van der Waals surface area contributed by atoms with Gasteiger partial charge in [-0.05, 0) is 80.0 Å². The first-order chi connectivity index (χ1) is 13.7. The van der Waals surface area contributed by atoms with Crippen LogP contribution in [0.3, 0.4) is 0 Å². The van der Waals surface area contributed by atoms with Gasteiger partial charge in [0.05, 0.1) is 6.54 Å². The van der Waals surface area contributed by atoms with Gasteiger partial charge in [-0.2, -0.15) is 0 Å². The first kappa shape index (κ1) is 20.2. The highest BCUT2D eigenvalue weighted by atomic mass is 16.5. The lowest BCUT2D eigenvalue weighted by Crippen LogP contribution is -2.38. The molecule has 0 spiro atoms. The second-order valence-electron chi connectivity index (χ2n) is 7.43. The highest BCUT2D eigenvalue weighted by Crippen LogP contribution is 2.25. The summed E-state index contributed by atoms with van der Waals surface area (Å²) < 4.78 is 11.5. The van der Waals surface area contributed by atoms with Crippen molar-refractivity contribution in [3.8, 4) is 11.5 Å². The Labute approximate surface area is 168 Å².